The van der Waals surface area contributed by atoms with Gasteiger partial charge in [-0.25, -0.2) is 13.1 Å². The van der Waals surface area contributed by atoms with E-state index in [1.165, 1.54) is 19.0 Å². The van der Waals surface area contributed by atoms with Crippen LogP contribution in [0.15, 0.2) is 23.4 Å². The summed E-state index contributed by atoms with van der Waals surface area (Å²) in [4.78, 5) is 4.10. The number of nitrogens with zero attached hydrogens (tertiary/aromatic N) is 1. The zero-order valence-corrected chi connectivity index (χ0v) is 14.3. The van der Waals surface area contributed by atoms with E-state index < -0.39 is 10.0 Å². The molecule has 120 valence electrons. The molecular formula is C15H27N3O2S. The van der Waals surface area contributed by atoms with Gasteiger partial charge in [0.05, 0.1) is 5.69 Å². The molecule has 0 aliphatic rings. The van der Waals surface area contributed by atoms with Gasteiger partial charge in [0.1, 0.15) is 4.90 Å². The third-order valence-corrected chi connectivity index (χ3v) is 4.97. The first kappa shape index (κ1) is 17.9. The van der Waals surface area contributed by atoms with Gasteiger partial charge in [0, 0.05) is 26.0 Å². The molecule has 0 amide bonds. The van der Waals surface area contributed by atoms with Crippen LogP contribution in [0.1, 0.15) is 46.5 Å². The number of hydrogen-bond donors (Lipinski definition) is 2. The highest BCUT2D eigenvalue weighted by Gasteiger charge is 2.23. The SMILES string of the molecule is CCCCCC(C)(C)CNS(=O)(=O)c1cnccc1NC. The lowest BCUT2D eigenvalue weighted by Crippen LogP contribution is -2.34. The highest BCUT2D eigenvalue weighted by atomic mass is 32.2. The summed E-state index contributed by atoms with van der Waals surface area (Å²) in [6, 6.07) is 1.65. The highest BCUT2D eigenvalue weighted by Crippen LogP contribution is 2.24. The molecule has 0 aliphatic heterocycles. The summed E-state index contributed by atoms with van der Waals surface area (Å²) in [6.45, 7) is 6.77. The summed E-state index contributed by atoms with van der Waals surface area (Å²) in [5.74, 6) is 0. The maximum absolute atomic E-state index is 12.4. The molecule has 1 heterocycles. The monoisotopic (exact) mass is 313 g/mol. The van der Waals surface area contributed by atoms with Crippen LogP contribution < -0.4 is 10.0 Å². The van der Waals surface area contributed by atoms with Gasteiger partial charge in [0.2, 0.25) is 10.0 Å². The van der Waals surface area contributed by atoms with E-state index in [2.05, 4.69) is 35.8 Å². The molecule has 0 atom stereocenters. The zero-order valence-electron chi connectivity index (χ0n) is 13.4. The van der Waals surface area contributed by atoms with Crippen molar-refractivity contribution >= 4 is 15.7 Å². The van der Waals surface area contributed by atoms with Crippen LogP contribution in [0.2, 0.25) is 0 Å². The minimum Gasteiger partial charge on any atom is -0.387 e. The van der Waals surface area contributed by atoms with E-state index in [0.29, 0.717) is 12.2 Å². The van der Waals surface area contributed by atoms with E-state index >= 15 is 0 Å². The quantitative estimate of drug-likeness (QED) is 0.688. The van der Waals surface area contributed by atoms with E-state index in [9.17, 15) is 8.42 Å². The molecule has 0 aliphatic carbocycles. The maximum atomic E-state index is 12.4. The Labute approximate surface area is 128 Å². The summed E-state index contributed by atoms with van der Waals surface area (Å²) < 4.78 is 27.5. The molecule has 21 heavy (non-hydrogen) atoms. The van der Waals surface area contributed by atoms with Crippen molar-refractivity contribution in [3.63, 3.8) is 0 Å². The first-order chi connectivity index (χ1) is 9.82. The first-order valence-corrected chi connectivity index (χ1v) is 8.92. The second kappa shape index (κ2) is 7.75. The van der Waals surface area contributed by atoms with Crippen LogP contribution in [-0.2, 0) is 10.0 Å². The Morgan fingerprint density at radius 3 is 2.62 bits per heavy atom. The average molecular weight is 313 g/mol. The minimum absolute atomic E-state index is 0.0513. The lowest BCUT2D eigenvalue weighted by molar-refractivity contribution is 0.320. The molecular weight excluding hydrogens is 286 g/mol. The molecule has 1 aromatic heterocycles. The van der Waals surface area contributed by atoms with Crippen LogP contribution in [-0.4, -0.2) is 27.0 Å². The molecule has 0 bridgehead atoms. The molecule has 6 heteroatoms. The summed E-state index contributed by atoms with van der Waals surface area (Å²) in [7, 11) is -1.84. The van der Waals surface area contributed by atoms with Crippen LogP contribution in [0.25, 0.3) is 0 Å². The van der Waals surface area contributed by atoms with E-state index in [1.807, 2.05) is 0 Å². The molecule has 2 N–H and O–H groups in total. The number of rotatable bonds is 9. The summed E-state index contributed by atoms with van der Waals surface area (Å²) >= 11 is 0. The molecule has 0 saturated carbocycles. The standard InChI is InChI=1S/C15H27N3O2S/c1-5-6-7-9-15(2,3)12-18-21(19,20)14-11-17-10-8-13(14)16-4/h8,10-11,18H,5-7,9,12H2,1-4H3,(H,16,17). The van der Waals surface area contributed by atoms with Crippen molar-refractivity contribution in [3.05, 3.63) is 18.5 Å². The largest absolute Gasteiger partial charge is 0.387 e. The van der Waals surface area contributed by atoms with Crippen molar-refractivity contribution in [1.29, 1.82) is 0 Å². The molecule has 1 aromatic rings. The predicted molar refractivity (Wildman–Crippen MR) is 86.9 cm³/mol. The van der Waals surface area contributed by atoms with Gasteiger partial charge in [-0.2, -0.15) is 0 Å². The lowest BCUT2D eigenvalue weighted by Gasteiger charge is -2.25. The van der Waals surface area contributed by atoms with Crippen molar-refractivity contribution < 1.29 is 8.42 Å². The Morgan fingerprint density at radius 1 is 1.29 bits per heavy atom. The Bertz CT molecular complexity index is 542. The minimum atomic E-state index is -3.54. The summed E-state index contributed by atoms with van der Waals surface area (Å²) in [6.07, 6.45) is 7.43. The number of pyridine rings is 1. The number of anilines is 1. The Kier molecular flexibility index (Phi) is 6.61. The van der Waals surface area contributed by atoms with Crippen molar-refractivity contribution in [2.75, 3.05) is 18.9 Å². The van der Waals surface area contributed by atoms with Crippen LogP contribution in [0.4, 0.5) is 5.69 Å². The van der Waals surface area contributed by atoms with Crippen LogP contribution in [0, 0.1) is 5.41 Å². The Balaban J connectivity index is 2.72. The fourth-order valence-corrected chi connectivity index (χ4v) is 3.51. The summed E-state index contributed by atoms with van der Waals surface area (Å²) in [5, 5.41) is 2.88. The van der Waals surface area contributed by atoms with Gasteiger partial charge in [0.25, 0.3) is 0 Å². The number of sulfonamides is 1. The van der Waals surface area contributed by atoms with Gasteiger partial charge in [-0.1, -0.05) is 40.0 Å². The van der Waals surface area contributed by atoms with Gasteiger partial charge in [-0.15, -0.1) is 0 Å². The molecule has 0 spiro atoms. The second-order valence-electron chi connectivity index (χ2n) is 6.07. The molecule has 0 fully saturated rings. The number of unbranched alkanes of at least 4 members (excludes halogenated alkanes) is 2. The highest BCUT2D eigenvalue weighted by molar-refractivity contribution is 7.89. The van der Waals surface area contributed by atoms with E-state index in [4.69, 9.17) is 0 Å². The number of aromatic nitrogens is 1. The maximum Gasteiger partial charge on any atom is 0.244 e. The van der Waals surface area contributed by atoms with Crippen molar-refractivity contribution in [2.24, 2.45) is 5.41 Å². The average Bonchev–Trinajstić information content (AvgIpc) is 2.45. The van der Waals surface area contributed by atoms with E-state index in [1.54, 1.807) is 19.3 Å². The fourth-order valence-electron chi connectivity index (χ4n) is 2.11. The van der Waals surface area contributed by atoms with E-state index in [0.717, 1.165) is 12.8 Å². The molecule has 0 aromatic carbocycles. The second-order valence-corrected chi connectivity index (χ2v) is 7.80. The number of hydrogen-bond acceptors (Lipinski definition) is 4. The Hall–Kier alpha value is -1.14. The third kappa shape index (κ3) is 5.63. The number of nitrogens with one attached hydrogen (secondary N) is 2. The fraction of sp³-hybridized carbons (Fsp3) is 0.667. The smallest absolute Gasteiger partial charge is 0.244 e. The third-order valence-electron chi connectivity index (χ3n) is 3.54. The van der Waals surface area contributed by atoms with Crippen LogP contribution in [0.5, 0.6) is 0 Å². The predicted octanol–water partition coefficient (Wildman–Crippen LogP) is 3.01. The van der Waals surface area contributed by atoms with Crippen LogP contribution in [0.3, 0.4) is 0 Å². The van der Waals surface area contributed by atoms with Crippen molar-refractivity contribution in [3.8, 4) is 0 Å². The Morgan fingerprint density at radius 2 is 2.00 bits per heavy atom. The van der Waals surface area contributed by atoms with E-state index in [-0.39, 0.29) is 10.3 Å². The van der Waals surface area contributed by atoms with Gasteiger partial charge >= 0.3 is 0 Å². The lowest BCUT2D eigenvalue weighted by atomic mass is 9.87. The molecule has 0 unspecified atom stereocenters. The van der Waals surface area contributed by atoms with Gasteiger partial charge in [-0.3, -0.25) is 4.98 Å². The molecule has 5 nitrogen and oxygen atoms in total. The van der Waals surface area contributed by atoms with Gasteiger partial charge in [-0.05, 0) is 17.9 Å². The first-order valence-electron chi connectivity index (χ1n) is 7.44. The van der Waals surface area contributed by atoms with Gasteiger partial charge < -0.3 is 5.32 Å². The summed E-state index contributed by atoms with van der Waals surface area (Å²) in [5.41, 5.74) is 0.505. The van der Waals surface area contributed by atoms with Crippen molar-refractivity contribution in [1.82, 2.24) is 9.71 Å². The normalized spacial score (nSPS) is 12.4. The van der Waals surface area contributed by atoms with Crippen molar-refractivity contribution in [2.45, 2.75) is 51.3 Å². The topological polar surface area (TPSA) is 71.1 Å². The van der Waals surface area contributed by atoms with Gasteiger partial charge in [0.15, 0.2) is 0 Å². The molecule has 0 radical (unpaired) electrons. The molecule has 0 saturated heterocycles. The molecule has 1 rings (SSSR count). The zero-order chi connectivity index (χ0) is 15.9. The van der Waals surface area contributed by atoms with Crippen LogP contribution >= 0.6 is 0 Å².